The number of alkyl carbamates (subject to hydrolysis) is 1. The molecule has 14 heteroatoms. The van der Waals surface area contributed by atoms with Gasteiger partial charge < -0.3 is 15.0 Å². The number of nitrogens with zero attached hydrogens (tertiary/aromatic N) is 2. The van der Waals surface area contributed by atoms with Gasteiger partial charge in [-0.3, -0.25) is 9.10 Å². The number of halogens is 5. The number of hydrogen-bond acceptors (Lipinski definition) is 5. The monoisotopic (exact) mass is 637 g/mol. The van der Waals surface area contributed by atoms with Gasteiger partial charge in [-0.1, -0.05) is 23.2 Å². The summed E-state index contributed by atoms with van der Waals surface area (Å²) in [5, 5.41) is 2.65. The molecule has 1 aliphatic heterocycles. The average molecular weight is 639 g/mol. The maximum atomic E-state index is 13.7. The van der Waals surface area contributed by atoms with Crippen LogP contribution < -0.4 is 9.62 Å². The van der Waals surface area contributed by atoms with E-state index in [1.807, 2.05) is 0 Å². The topological polar surface area (TPSA) is 96.0 Å². The molecule has 0 bridgehead atoms. The molecule has 1 saturated heterocycles. The summed E-state index contributed by atoms with van der Waals surface area (Å²) < 4.78 is 74.0. The predicted octanol–water partition coefficient (Wildman–Crippen LogP) is 6.36. The van der Waals surface area contributed by atoms with Crippen LogP contribution in [0.4, 0.5) is 23.7 Å². The fourth-order valence-corrected chi connectivity index (χ4v) is 6.19. The van der Waals surface area contributed by atoms with Crippen LogP contribution in [0.2, 0.25) is 10.0 Å². The van der Waals surface area contributed by atoms with E-state index in [0.29, 0.717) is 23.2 Å². The van der Waals surface area contributed by atoms with Gasteiger partial charge in [-0.05, 0) is 88.9 Å². The zero-order valence-electron chi connectivity index (χ0n) is 23.0. The van der Waals surface area contributed by atoms with Gasteiger partial charge >= 0.3 is 12.3 Å². The Kier molecular flexibility index (Phi) is 10.1. The average Bonchev–Trinajstić information content (AvgIpc) is 2.85. The summed E-state index contributed by atoms with van der Waals surface area (Å²) in [6.07, 6.45) is -4.13. The van der Waals surface area contributed by atoms with Gasteiger partial charge in [0.25, 0.3) is 10.0 Å². The Labute approximate surface area is 247 Å². The van der Waals surface area contributed by atoms with E-state index < -0.39 is 51.6 Å². The van der Waals surface area contributed by atoms with Crippen LogP contribution in [-0.4, -0.2) is 56.6 Å². The number of carbonyl (C=O) groups is 2. The molecule has 3 rings (SSSR count). The molecule has 2 aromatic rings. The highest BCUT2D eigenvalue weighted by Crippen LogP contribution is 2.37. The van der Waals surface area contributed by atoms with Crippen molar-refractivity contribution < 1.29 is 35.9 Å². The molecule has 226 valence electrons. The number of rotatable bonds is 7. The number of sulfonamides is 1. The molecular formula is C27H32Cl2F3N3O5S. The van der Waals surface area contributed by atoms with Crippen molar-refractivity contribution in [2.24, 2.45) is 5.92 Å². The number of carbonyl (C=O) groups excluding carboxylic acids is 2. The molecule has 0 aromatic heterocycles. The molecule has 41 heavy (non-hydrogen) atoms. The highest BCUT2D eigenvalue weighted by Gasteiger charge is 2.37. The Hall–Kier alpha value is -2.70. The first-order valence-electron chi connectivity index (χ1n) is 12.8. The van der Waals surface area contributed by atoms with Crippen LogP contribution in [0.15, 0.2) is 47.4 Å². The smallest absolute Gasteiger partial charge is 0.416 e. The lowest BCUT2D eigenvalue weighted by atomic mass is 9.93. The van der Waals surface area contributed by atoms with Crippen molar-refractivity contribution in [3.63, 3.8) is 0 Å². The number of hydrogen-bond donors (Lipinski definition) is 1. The van der Waals surface area contributed by atoms with Crippen LogP contribution in [0.5, 0.6) is 0 Å². The normalized spacial score (nSPS) is 18.1. The summed E-state index contributed by atoms with van der Waals surface area (Å²) in [4.78, 5) is 26.9. The summed E-state index contributed by atoms with van der Waals surface area (Å²) >= 11 is 12.1. The minimum atomic E-state index is -4.78. The number of alkyl halides is 3. The molecule has 0 radical (unpaired) electrons. The number of benzene rings is 2. The van der Waals surface area contributed by atoms with Gasteiger partial charge in [-0.2, -0.15) is 13.2 Å². The van der Waals surface area contributed by atoms with Crippen molar-refractivity contribution >= 4 is 50.9 Å². The van der Waals surface area contributed by atoms with E-state index in [2.05, 4.69) is 5.32 Å². The Bertz CT molecular complexity index is 1370. The summed E-state index contributed by atoms with van der Waals surface area (Å²) in [6, 6.07) is 7.02. The van der Waals surface area contributed by atoms with Crippen molar-refractivity contribution in [2.75, 3.05) is 23.9 Å². The molecule has 2 unspecified atom stereocenters. The van der Waals surface area contributed by atoms with E-state index in [1.165, 1.54) is 29.2 Å². The first-order valence-corrected chi connectivity index (χ1v) is 15.0. The third kappa shape index (κ3) is 8.65. The summed E-state index contributed by atoms with van der Waals surface area (Å²) in [5.41, 5.74) is -2.30. The summed E-state index contributed by atoms with van der Waals surface area (Å²) in [7, 11) is -4.56. The SMILES string of the molecule is CC1CCC(CNC(=O)OC(C)(C)C)CN1C(=O)CN(c1cc(C(F)(F)F)ccc1Cl)S(=O)(=O)c1ccc(Cl)cc1. The fourth-order valence-electron chi connectivity index (χ4n) is 4.37. The molecule has 1 N–H and O–H groups in total. The zero-order valence-corrected chi connectivity index (χ0v) is 25.3. The maximum Gasteiger partial charge on any atom is 0.416 e. The number of nitrogens with one attached hydrogen (secondary N) is 1. The molecule has 0 saturated carbocycles. The maximum absolute atomic E-state index is 13.7. The third-order valence-corrected chi connectivity index (χ3v) is 8.80. The second kappa shape index (κ2) is 12.7. The van der Waals surface area contributed by atoms with E-state index >= 15 is 0 Å². The van der Waals surface area contributed by atoms with Crippen LogP contribution in [0.1, 0.15) is 46.1 Å². The molecule has 0 spiro atoms. The summed E-state index contributed by atoms with van der Waals surface area (Å²) in [6.45, 7) is 6.60. The van der Waals surface area contributed by atoms with Crippen LogP contribution in [0.25, 0.3) is 0 Å². The second-order valence-corrected chi connectivity index (χ2v) is 13.6. The molecule has 2 aromatic carbocycles. The lowest BCUT2D eigenvalue weighted by molar-refractivity contribution is -0.137. The first kappa shape index (κ1) is 32.8. The highest BCUT2D eigenvalue weighted by atomic mass is 35.5. The molecule has 0 aliphatic carbocycles. The van der Waals surface area contributed by atoms with Gasteiger partial charge in [0.2, 0.25) is 5.91 Å². The Morgan fingerprint density at radius 2 is 1.71 bits per heavy atom. The number of amides is 2. The van der Waals surface area contributed by atoms with E-state index in [0.717, 1.165) is 12.1 Å². The molecule has 1 heterocycles. The van der Waals surface area contributed by atoms with Crippen molar-refractivity contribution in [3.05, 3.63) is 58.1 Å². The minimum Gasteiger partial charge on any atom is -0.444 e. The molecule has 1 fully saturated rings. The molecule has 2 atom stereocenters. The molecule has 1 aliphatic rings. The van der Waals surface area contributed by atoms with Crippen molar-refractivity contribution in [2.45, 2.75) is 63.3 Å². The van der Waals surface area contributed by atoms with Crippen LogP contribution in [-0.2, 0) is 25.7 Å². The zero-order chi connectivity index (χ0) is 30.8. The van der Waals surface area contributed by atoms with Gasteiger partial charge in [0.15, 0.2) is 0 Å². The van der Waals surface area contributed by atoms with E-state index in [-0.39, 0.29) is 40.0 Å². The molecular weight excluding hydrogens is 606 g/mol. The van der Waals surface area contributed by atoms with E-state index in [9.17, 15) is 31.2 Å². The van der Waals surface area contributed by atoms with E-state index in [4.69, 9.17) is 27.9 Å². The lowest BCUT2D eigenvalue weighted by Gasteiger charge is -2.39. The Balaban J connectivity index is 1.91. The largest absolute Gasteiger partial charge is 0.444 e. The Morgan fingerprint density at radius 3 is 2.29 bits per heavy atom. The fraction of sp³-hybridized carbons (Fsp3) is 0.481. The van der Waals surface area contributed by atoms with Crippen LogP contribution in [0, 0.1) is 5.92 Å². The number of piperidine rings is 1. The third-order valence-electron chi connectivity index (χ3n) is 6.46. The minimum absolute atomic E-state index is 0.152. The van der Waals surface area contributed by atoms with Gasteiger partial charge in [0.05, 0.1) is 21.2 Å². The lowest BCUT2D eigenvalue weighted by Crippen LogP contribution is -2.52. The predicted molar refractivity (Wildman–Crippen MR) is 151 cm³/mol. The number of likely N-dealkylation sites (tertiary alicyclic amines) is 1. The molecule has 8 nitrogen and oxygen atoms in total. The molecule has 2 amide bonds. The number of ether oxygens (including phenoxy) is 1. The quantitative estimate of drug-likeness (QED) is 0.381. The van der Waals surface area contributed by atoms with Gasteiger partial charge in [0.1, 0.15) is 12.1 Å². The highest BCUT2D eigenvalue weighted by molar-refractivity contribution is 7.92. The number of anilines is 1. The Morgan fingerprint density at radius 1 is 1.07 bits per heavy atom. The first-order chi connectivity index (χ1) is 18.9. The van der Waals surface area contributed by atoms with Gasteiger partial charge in [-0.25, -0.2) is 13.2 Å². The summed E-state index contributed by atoms with van der Waals surface area (Å²) in [5.74, 6) is -0.786. The van der Waals surface area contributed by atoms with Gasteiger partial charge in [-0.15, -0.1) is 0 Å². The van der Waals surface area contributed by atoms with Gasteiger partial charge in [0, 0.05) is 24.2 Å². The van der Waals surface area contributed by atoms with Crippen molar-refractivity contribution in [1.82, 2.24) is 10.2 Å². The van der Waals surface area contributed by atoms with Crippen molar-refractivity contribution in [3.8, 4) is 0 Å². The van der Waals surface area contributed by atoms with E-state index in [1.54, 1.807) is 27.7 Å². The van der Waals surface area contributed by atoms with Crippen LogP contribution in [0.3, 0.4) is 0 Å². The van der Waals surface area contributed by atoms with Crippen molar-refractivity contribution in [1.29, 1.82) is 0 Å². The van der Waals surface area contributed by atoms with Crippen LogP contribution >= 0.6 is 23.2 Å². The second-order valence-electron chi connectivity index (χ2n) is 10.9. The standard InChI is InChI=1S/C27H32Cl2F3N3O5S/c1-17-5-6-18(14-33-25(37)40-26(2,3)4)15-34(17)24(36)16-35(41(38,39)21-10-8-20(28)9-11-21)23-13-19(27(30,31)32)7-12-22(23)29/h7-13,17-18H,5-6,14-16H2,1-4H3,(H,33,37).